The second-order valence-electron chi connectivity index (χ2n) is 5.60. The Kier molecular flexibility index (Phi) is 5.25. The summed E-state index contributed by atoms with van der Waals surface area (Å²) in [5.74, 6) is 0. The maximum Gasteiger partial charge on any atom is 0.150 e. The number of carbonyl (C=O) groups excluding carboxylic acids is 1. The Hall–Kier alpha value is -3.07. The van der Waals surface area contributed by atoms with E-state index in [9.17, 15) is 4.79 Å². The minimum absolute atomic E-state index is 0.663. The van der Waals surface area contributed by atoms with Gasteiger partial charge in [0, 0.05) is 18.7 Å². The van der Waals surface area contributed by atoms with Crippen molar-refractivity contribution in [2.45, 2.75) is 13.1 Å². The largest absolute Gasteiger partial charge is 0.379 e. The molecule has 0 heterocycles. The van der Waals surface area contributed by atoms with Crippen LogP contribution < -0.4 is 10.6 Å². The molecule has 0 amide bonds. The van der Waals surface area contributed by atoms with Crippen molar-refractivity contribution >= 4 is 17.7 Å². The molecule has 0 bridgehead atoms. The Balaban J connectivity index is 1.74. The van der Waals surface area contributed by atoms with E-state index in [0.29, 0.717) is 12.1 Å². The van der Waals surface area contributed by atoms with E-state index in [0.717, 1.165) is 24.2 Å². The standard InChI is InChI=1S/C21H20N2O/c24-16-19-11-12-20(22-14-17-7-3-1-4-8-17)21(13-19)23-15-18-9-5-2-6-10-18/h1-13,16,22-23H,14-15H2. The van der Waals surface area contributed by atoms with Gasteiger partial charge in [0.15, 0.2) is 0 Å². The molecule has 0 aromatic heterocycles. The number of carbonyl (C=O) groups is 1. The van der Waals surface area contributed by atoms with Crippen LogP contribution in [0.1, 0.15) is 21.5 Å². The molecule has 0 aliphatic heterocycles. The molecule has 0 aliphatic rings. The van der Waals surface area contributed by atoms with Crippen molar-refractivity contribution < 1.29 is 4.79 Å². The molecule has 3 aromatic carbocycles. The molecule has 0 unspecified atom stereocenters. The van der Waals surface area contributed by atoms with E-state index in [-0.39, 0.29) is 0 Å². The second kappa shape index (κ2) is 7.97. The molecule has 0 aliphatic carbocycles. The Morgan fingerprint density at radius 2 is 1.21 bits per heavy atom. The van der Waals surface area contributed by atoms with Crippen LogP contribution in [0.25, 0.3) is 0 Å². The Morgan fingerprint density at radius 1 is 0.667 bits per heavy atom. The molecular formula is C21H20N2O. The topological polar surface area (TPSA) is 41.1 Å². The van der Waals surface area contributed by atoms with Gasteiger partial charge in [-0.05, 0) is 29.3 Å². The lowest BCUT2D eigenvalue weighted by molar-refractivity contribution is 0.112. The van der Waals surface area contributed by atoms with Crippen LogP contribution in [0.5, 0.6) is 0 Å². The number of benzene rings is 3. The normalized spacial score (nSPS) is 10.2. The van der Waals surface area contributed by atoms with Crippen LogP contribution in [-0.4, -0.2) is 6.29 Å². The summed E-state index contributed by atoms with van der Waals surface area (Å²) >= 11 is 0. The lowest BCUT2D eigenvalue weighted by atomic mass is 10.1. The third-order valence-electron chi connectivity index (χ3n) is 3.83. The zero-order valence-electron chi connectivity index (χ0n) is 13.4. The SMILES string of the molecule is O=Cc1ccc(NCc2ccccc2)c(NCc2ccccc2)c1. The van der Waals surface area contributed by atoms with Crippen LogP contribution in [0.4, 0.5) is 11.4 Å². The molecule has 24 heavy (non-hydrogen) atoms. The van der Waals surface area contributed by atoms with Crippen molar-refractivity contribution in [2.24, 2.45) is 0 Å². The number of rotatable bonds is 7. The summed E-state index contributed by atoms with van der Waals surface area (Å²) in [4.78, 5) is 11.1. The Bertz CT molecular complexity index is 785. The van der Waals surface area contributed by atoms with Gasteiger partial charge >= 0.3 is 0 Å². The molecule has 3 aromatic rings. The molecule has 0 saturated heterocycles. The molecular weight excluding hydrogens is 296 g/mol. The number of anilines is 2. The van der Waals surface area contributed by atoms with E-state index in [1.165, 1.54) is 11.1 Å². The fraction of sp³-hybridized carbons (Fsp3) is 0.0952. The summed E-state index contributed by atoms with van der Waals surface area (Å²) in [6, 6.07) is 26.1. The smallest absolute Gasteiger partial charge is 0.150 e. The van der Waals surface area contributed by atoms with Gasteiger partial charge in [-0.2, -0.15) is 0 Å². The summed E-state index contributed by atoms with van der Waals surface area (Å²) in [5, 5.41) is 6.86. The van der Waals surface area contributed by atoms with Crippen LogP contribution in [-0.2, 0) is 13.1 Å². The van der Waals surface area contributed by atoms with Crippen molar-refractivity contribution in [2.75, 3.05) is 10.6 Å². The first-order valence-electron chi connectivity index (χ1n) is 8.00. The van der Waals surface area contributed by atoms with Crippen LogP contribution >= 0.6 is 0 Å². The minimum atomic E-state index is 0.663. The summed E-state index contributed by atoms with van der Waals surface area (Å²) in [6.07, 6.45) is 0.870. The third kappa shape index (κ3) is 4.23. The summed E-state index contributed by atoms with van der Waals surface area (Å²) in [7, 11) is 0. The summed E-state index contributed by atoms with van der Waals surface area (Å²) in [5.41, 5.74) is 4.99. The van der Waals surface area contributed by atoms with Crippen LogP contribution in [0.15, 0.2) is 78.9 Å². The van der Waals surface area contributed by atoms with Crippen molar-refractivity contribution in [1.29, 1.82) is 0 Å². The highest BCUT2D eigenvalue weighted by atomic mass is 16.1. The molecule has 3 rings (SSSR count). The first kappa shape index (κ1) is 15.8. The van der Waals surface area contributed by atoms with Crippen LogP contribution in [0, 0.1) is 0 Å². The van der Waals surface area contributed by atoms with E-state index in [4.69, 9.17) is 0 Å². The lowest BCUT2D eigenvalue weighted by Gasteiger charge is -2.15. The molecule has 0 spiro atoms. The van der Waals surface area contributed by atoms with E-state index in [1.54, 1.807) is 0 Å². The maximum atomic E-state index is 11.1. The first-order valence-corrected chi connectivity index (χ1v) is 8.00. The van der Waals surface area contributed by atoms with E-state index >= 15 is 0 Å². The number of nitrogens with one attached hydrogen (secondary N) is 2. The van der Waals surface area contributed by atoms with E-state index < -0.39 is 0 Å². The molecule has 2 N–H and O–H groups in total. The summed E-state index contributed by atoms with van der Waals surface area (Å²) in [6.45, 7) is 1.45. The van der Waals surface area contributed by atoms with Gasteiger partial charge in [0.2, 0.25) is 0 Å². The van der Waals surface area contributed by atoms with Crippen molar-refractivity contribution in [3.63, 3.8) is 0 Å². The average Bonchev–Trinajstić information content (AvgIpc) is 2.66. The quantitative estimate of drug-likeness (QED) is 0.620. The van der Waals surface area contributed by atoms with Crippen molar-refractivity contribution in [3.8, 4) is 0 Å². The van der Waals surface area contributed by atoms with Crippen LogP contribution in [0.3, 0.4) is 0 Å². The van der Waals surface area contributed by atoms with Gasteiger partial charge in [-0.1, -0.05) is 60.7 Å². The monoisotopic (exact) mass is 316 g/mol. The molecule has 0 fully saturated rings. The highest BCUT2D eigenvalue weighted by Gasteiger charge is 2.04. The molecule has 0 radical (unpaired) electrons. The minimum Gasteiger partial charge on any atom is -0.379 e. The molecule has 0 atom stereocenters. The third-order valence-corrected chi connectivity index (χ3v) is 3.83. The summed E-state index contributed by atoms with van der Waals surface area (Å²) < 4.78 is 0. The van der Waals surface area contributed by atoms with Gasteiger partial charge in [0.1, 0.15) is 6.29 Å². The van der Waals surface area contributed by atoms with Gasteiger partial charge in [-0.15, -0.1) is 0 Å². The van der Waals surface area contributed by atoms with Gasteiger partial charge in [0.05, 0.1) is 11.4 Å². The van der Waals surface area contributed by atoms with Gasteiger partial charge in [-0.25, -0.2) is 0 Å². The number of aldehydes is 1. The van der Waals surface area contributed by atoms with Gasteiger partial charge in [0.25, 0.3) is 0 Å². The van der Waals surface area contributed by atoms with E-state index in [2.05, 4.69) is 34.9 Å². The fourth-order valence-electron chi connectivity index (χ4n) is 2.52. The molecule has 3 heteroatoms. The second-order valence-corrected chi connectivity index (χ2v) is 5.60. The van der Waals surface area contributed by atoms with E-state index in [1.807, 2.05) is 54.6 Å². The lowest BCUT2D eigenvalue weighted by Crippen LogP contribution is -2.06. The highest BCUT2D eigenvalue weighted by molar-refractivity contribution is 5.81. The van der Waals surface area contributed by atoms with Crippen LogP contribution in [0.2, 0.25) is 0 Å². The zero-order chi connectivity index (χ0) is 16.6. The number of hydrogen-bond donors (Lipinski definition) is 2. The van der Waals surface area contributed by atoms with Crippen molar-refractivity contribution in [3.05, 3.63) is 95.6 Å². The highest BCUT2D eigenvalue weighted by Crippen LogP contribution is 2.24. The molecule has 0 saturated carbocycles. The van der Waals surface area contributed by atoms with Gasteiger partial charge in [-0.3, -0.25) is 4.79 Å². The average molecular weight is 316 g/mol. The van der Waals surface area contributed by atoms with Crippen molar-refractivity contribution in [1.82, 2.24) is 0 Å². The predicted molar refractivity (Wildman–Crippen MR) is 99.4 cm³/mol. The fourth-order valence-corrected chi connectivity index (χ4v) is 2.52. The maximum absolute atomic E-state index is 11.1. The zero-order valence-corrected chi connectivity index (χ0v) is 13.4. The Morgan fingerprint density at radius 3 is 1.75 bits per heavy atom. The van der Waals surface area contributed by atoms with Gasteiger partial charge < -0.3 is 10.6 Å². The molecule has 120 valence electrons. The predicted octanol–water partition coefficient (Wildman–Crippen LogP) is 4.72. The first-order chi connectivity index (χ1) is 11.8. The number of hydrogen-bond acceptors (Lipinski definition) is 3. The molecule has 3 nitrogen and oxygen atoms in total. The Labute approximate surface area is 142 Å².